The average Bonchev–Trinajstić information content (AvgIpc) is 2.72. The number of halogens is 1. The first-order valence-electron chi connectivity index (χ1n) is 8.78. The zero-order valence-electron chi connectivity index (χ0n) is 15.9. The summed E-state index contributed by atoms with van der Waals surface area (Å²) in [6.07, 6.45) is 1.72. The van der Waals surface area contributed by atoms with Crippen molar-refractivity contribution < 1.29 is 28.2 Å². The van der Waals surface area contributed by atoms with Gasteiger partial charge in [0.05, 0.1) is 14.2 Å². The van der Waals surface area contributed by atoms with E-state index >= 15 is 0 Å². The zero-order valence-corrected chi connectivity index (χ0v) is 15.9. The summed E-state index contributed by atoms with van der Waals surface area (Å²) >= 11 is 0. The molecule has 2 aromatic rings. The number of amides is 4. The summed E-state index contributed by atoms with van der Waals surface area (Å²) < 4.78 is 23.4. The molecule has 0 aromatic heterocycles. The fourth-order valence-electron chi connectivity index (χ4n) is 2.90. The summed E-state index contributed by atoms with van der Waals surface area (Å²) in [5, 5.41) is 2.17. The highest BCUT2D eigenvalue weighted by Crippen LogP contribution is 2.28. The van der Waals surface area contributed by atoms with Crippen LogP contribution < -0.4 is 14.8 Å². The third-order valence-corrected chi connectivity index (χ3v) is 4.44. The maximum absolute atomic E-state index is 13.0. The number of barbiturate groups is 1. The number of nitrogens with zero attached hydrogens (tertiary/aromatic N) is 1. The van der Waals surface area contributed by atoms with Crippen LogP contribution in [0.2, 0.25) is 0 Å². The summed E-state index contributed by atoms with van der Waals surface area (Å²) in [6, 6.07) is 9.90. The SMILES string of the molecule is COc1ccc(C=C2C(=O)NC(=O)N(CCc3ccc(F)cc3)C2=O)cc1OC. The van der Waals surface area contributed by atoms with E-state index < -0.39 is 17.8 Å². The number of rotatable bonds is 6. The van der Waals surface area contributed by atoms with Gasteiger partial charge in [0.2, 0.25) is 0 Å². The van der Waals surface area contributed by atoms with E-state index in [1.54, 1.807) is 30.3 Å². The van der Waals surface area contributed by atoms with Crippen molar-refractivity contribution >= 4 is 23.9 Å². The number of carbonyl (C=O) groups is 3. The first-order valence-corrected chi connectivity index (χ1v) is 8.78. The molecule has 1 N–H and O–H groups in total. The number of carbonyl (C=O) groups excluding carboxylic acids is 3. The molecular formula is C21H19FN2O5. The summed E-state index contributed by atoms with van der Waals surface area (Å²) in [6.45, 7) is 0.0485. The molecule has 0 saturated carbocycles. The second kappa shape index (κ2) is 8.55. The Hall–Kier alpha value is -3.68. The number of hydrogen-bond acceptors (Lipinski definition) is 5. The molecule has 150 valence electrons. The molecule has 7 nitrogen and oxygen atoms in total. The van der Waals surface area contributed by atoms with Gasteiger partial charge in [0.1, 0.15) is 11.4 Å². The van der Waals surface area contributed by atoms with E-state index in [4.69, 9.17) is 9.47 Å². The maximum atomic E-state index is 13.0. The molecule has 0 unspecified atom stereocenters. The lowest BCUT2D eigenvalue weighted by molar-refractivity contribution is -0.130. The van der Waals surface area contributed by atoms with Crippen LogP contribution in [0.25, 0.3) is 6.08 Å². The van der Waals surface area contributed by atoms with Gasteiger partial charge >= 0.3 is 6.03 Å². The van der Waals surface area contributed by atoms with Gasteiger partial charge in [-0.3, -0.25) is 19.8 Å². The number of benzene rings is 2. The minimum atomic E-state index is -0.786. The van der Waals surface area contributed by atoms with Gasteiger partial charge in [0, 0.05) is 6.54 Å². The minimum Gasteiger partial charge on any atom is -0.493 e. The van der Waals surface area contributed by atoms with Crippen molar-refractivity contribution in [2.75, 3.05) is 20.8 Å². The highest BCUT2D eigenvalue weighted by Gasteiger charge is 2.35. The Morgan fingerprint density at radius 3 is 2.34 bits per heavy atom. The van der Waals surface area contributed by atoms with E-state index in [0.29, 0.717) is 23.5 Å². The van der Waals surface area contributed by atoms with Crippen LogP contribution in [-0.2, 0) is 16.0 Å². The largest absolute Gasteiger partial charge is 0.493 e. The molecule has 0 bridgehead atoms. The molecular weight excluding hydrogens is 379 g/mol. The molecule has 1 aliphatic heterocycles. The highest BCUT2D eigenvalue weighted by molar-refractivity contribution is 6.31. The van der Waals surface area contributed by atoms with Crippen LogP contribution in [0.1, 0.15) is 11.1 Å². The quantitative estimate of drug-likeness (QED) is 0.597. The van der Waals surface area contributed by atoms with Crippen LogP contribution in [0.15, 0.2) is 48.0 Å². The van der Waals surface area contributed by atoms with Crippen molar-refractivity contribution in [3.05, 3.63) is 65.0 Å². The van der Waals surface area contributed by atoms with Crippen molar-refractivity contribution in [3.8, 4) is 11.5 Å². The molecule has 1 saturated heterocycles. The molecule has 0 spiro atoms. The predicted molar refractivity (Wildman–Crippen MR) is 103 cm³/mol. The summed E-state index contributed by atoms with van der Waals surface area (Å²) in [4.78, 5) is 38.1. The molecule has 3 rings (SSSR count). The average molecular weight is 398 g/mol. The van der Waals surface area contributed by atoms with Gasteiger partial charge in [-0.25, -0.2) is 9.18 Å². The van der Waals surface area contributed by atoms with Gasteiger partial charge in [-0.15, -0.1) is 0 Å². The van der Waals surface area contributed by atoms with Crippen LogP contribution in [-0.4, -0.2) is 43.5 Å². The van der Waals surface area contributed by atoms with Gasteiger partial charge in [-0.05, 0) is 47.9 Å². The summed E-state index contributed by atoms with van der Waals surface area (Å²) in [5.74, 6) is -0.894. The molecule has 8 heteroatoms. The van der Waals surface area contributed by atoms with Gasteiger partial charge in [-0.1, -0.05) is 18.2 Å². The molecule has 1 heterocycles. The van der Waals surface area contributed by atoms with Gasteiger partial charge in [0.25, 0.3) is 11.8 Å². The van der Waals surface area contributed by atoms with Crippen molar-refractivity contribution in [3.63, 3.8) is 0 Å². The Bertz CT molecular complexity index is 985. The Morgan fingerprint density at radius 2 is 1.69 bits per heavy atom. The van der Waals surface area contributed by atoms with E-state index in [1.165, 1.54) is 32.4 Å². The van der Waals surface area contributed by atoms with Gasteiger partial charge in [0.15, 0.2) is 11.5 Å². The van der Waals surface area contributed by atoms with E-state index in [9.17, 15) is 18.8 Å². The van der Waals surface area contributed by atoms with Crippen LogP contribution in [0, 0.1) is 5.82 Å². The second-order valence-corrected chi connectivity index (χ2v) is 6.26. The number of nitrogens with one attached hydrogen (secondary N) is 1. The number of imide groups is 2. The lowest BCUT2D eigenvalue weighted by Gasteiger charge is -2.26. The standard InChI is InChI=1S/C21H19FN2O5/c1-28-17-8-5-14(12-18(17)29-2)11-16-19(25)23-21(27)24(20(16)26)10-9-13-3-6-15(22)7-4-13/h3-8,11-12H,9-10H2,1-2H3,(H,23,25,27). The van der Waals surface area contributed by atoms with Crippen molar-refractivity contribution in [2.24, 2.45) is 0 Å². The number of urea groups is 1. The van der Waals surface area contributed by atoms with E-state index in [0.717, 1.165) is 10.5 Å². The van der Waals surface area contributed by atoms with Crippen molar-refractivity contribution in [1.29, 1.82) is 0 Å². The Morgan fingerprint density at radius 1 is 1.00 bits per heavy atom. The van der Waals surface area contributed by atoms with Crippen molar-refractivity contribution in [1.82, 2.24) is 10.2 Å². The molecule has 2 aromatic carbocycles. The zero-order chi connectivity index (χ0) is 21.0. The first-order chi connectivity index (χ1) is 13.9. The van der Waals surface area contributed by atoms with E-state index in [-0.39, 0.29) is 17.9 Å². The Kier molecular flexibility index (Phi) is 5.92. The predicted octanol–water partition coefficient (Wildman–Crippen LogP) is 2.55. The van der Waals surface area contributed by atoms with Crippen LogP contribution in [0.3, 0.4) is 0 Å². The summed E-state index contributed by atoms with van der Waals surface area (Å²) in [5.41, 5.74) is 1.12. The first kappa shape index (κ1) is 20.1. The third-order valence-electron chi connectivity index (χ3n) is 4.44. The lowest BCUT2D eigenvalue weighted by Crippen LogP contribution is -2.54. The molecule has 4 amide bonds. The smallest absolute Gasteiger partial charge is 0.331 e. The molecule has 29 heavy (non-hydrogen) atoms. The van der Waals surface area contributed by atoms with Gasteiger partial charge < -0.3 is 9.47 Å². The Balaban J connectivity index is 1.82. The molecule has 0 aliphatic carbocycles. The normalized spacial score (nSPS) is 15.5. The highest BCUT2D eigenvalue weighted by atomic mass is 19.1. The minimum absolute atomic E-state index is 0.0485. The second-order valence-electron chi connectivity index (χ2n) is 6.26. The lowest BCUT2D eigenvalue weighted by atomic mass is 10.1. The van der Waals surface area contributed by atoms with E-state index in [2.05, 4.69) is 5.32 Å². The molecule has 0 radical (unpaired) electrons. The summed E-state index contributed by atoms with van der Waals surface area (Å²) in [7, 11) is 2.97. The number of ether oxygens (including phenoxy) is 2. The van der Waals surface area contributed by atoms with Gasteiger partial charge in [-0.2, -0.15) is 0 Å². The number of methoxy groups -OCH3 is 2. The number of hydrogen-bond donors (Lipinski definition) is 1. The fourth-order valence-corrected chi connectivity index (χ4v) is 2.90. The monoisotopic (exact) mass is 398 g/mol. The molecule has 1 aliphatic rings. The van der Waals surface area contributed by atoms with Crippen LogP contribution >= 0.6 is 0 Å². The Labute approximate surface area is 166 Å². The van der Waals surface area contributed by atoms with Crippen LogP contribution in [0.4, 0.5) is 9.18 Å². The van der Waals surface area contributed by atoms with Crippen molar-refractivity contribution in [2.45, 2.75) is 6.42 Å². The van der Waals surface area contributed by atoms with E-state index in [1.807, 2.05) is 0 Å². The fraction of sp³-hybridized carbons (Fsp3) is 0.190. The molecule has 0 atom stereocenters. The maximum Gasteiger partial charge on any atom is 0.331 e. The topological polar surface area (TPSA) is 84.9 Å². The van der Waals surface area contributed by atoms with Crippen LogP contribution in [0.5, 0.6) is 11.5 Å². The molecule has 1 fully saturated rings. The third kappa shape index (κ3) is 4.43.